The van der Waals surface area contributed by atoms with Crippen LogP contribution in [0.15, 0.2) is 23.1 Å². The zero-order chi connectivity index (χ0) is 13.3. The number of nitrogens with one attached hydrogen (secondary N) is 1. The summed E-state index contributed by atoms with van der Waals surface area (Å²) in [6.45, 7) is 5.61. The van der Waals surface area contributed by atoms with Crippen molar-refractivity contribution in [1.82, 2.24) is 9.62 Å². The summed E-state index contributed by atoms with van der Waals surface area (Å²) in [6.07, 6.45) is 0. The molecular weight excluding hydrogens is 307 g/mol. The molecule has 1 fully saturated rings. The molecule has 0 spiro atoms. The molecule has 0 saturated carbocycles. The Morgan fingerprint density at radius 1 is 1.42 bits per heavy atom. The van der Waals surface area contributed by atoms with E-state index in [1.165, 1.54) is 10.4 Å². The summed E-state index contributed by atoms with van der Waals surface area (Å²) in [5.41, 5.74) is 0.879. The number of piperazine rings is 1. The van der Waals surface area contributed by atoms with E-state index in [0.29, 0.717) is 24.7 Å². The highest BCUT2D eigenvalue weighted by Crippen LogP contribution is 2.24. The van der Waals surface area contributed by atoms with Crippen LogP contribution in [0.2, 0.25) is 5.02 Å². The lowest BCUT2D eigenvalue weighted by Crippen LogP contribution is -2.52. The summed E-state index contributed by atoms with van der Waals surface area (Å²) in [4.78, 5) is 0.270. The van der Waals surface area contributed by atoms with Crippen LogP contribution in [0.3, 0.4) is 0 Å². The van der Waals surface area contributed by atoms with E-state index in [2.05, 4.69) is 5.32 Å². The van der Waals surface area contributed by atoms with Crippen molar-refractivity contribution in [3.8, 4) is 0 Å². The van der Waals surface area contributed by atoms with Gasteiger partial charge in [0.05, 0.1) is 4.90 Å². The molecule has 1 saturated heterocycles. The number of hydrogen-bond donors (Lipinski definition) is 1. The van der Waals surface area contributed by atoms with Crippen molar-refractivity contribution >= 4 is 34.0 Å². The second-order valence-electron chi connectivity index (χ2n) is 4.58. The fraction of sp³-hybridized carbons (Fsp3) is 0.500. The van der Waals surface area contributed by atoms with E-state index >= 15 is 0 Å². The van der Waals surface area contributed by atoms with E-state index in [-0.39, 0.29) is 23.3 Å². The Hall–Kier alpha value is -0.330. The molecule has 19 heavy (non-hydrogen) atoms. The molecule has 0 radical (unpaired) electrons. The number of aryl methyl sites for hydroxylation is 1. The number of nitrogens with zero attached hydrogens (tertiary/aromatic N) is 1. The number of halogens is 2. The number of rotatable bonds is 2. The van der Waals surface area contributed by atoms with Gasteiger partial charge in [0, 0.05) is 30.7 Å². The Balaban J connectivity index is 0.00000180. The average molecular weight is 325 g/mol. The zero-order valence-electron chi connectivity index (χ0n) is 10.9. The van der Waals surface area contributed by atoms with Crippen molar-refractivity contribution in [2.45, 2.75) is 24.8 Å². The van der Waals surface area contributed by atoms with Crippen LogP contribution in [0.25, 0.3) is 0 Å². The van der Waals surface area contributed by atoms with Gasteiger partial charge in [-0.1, -0.05) is 17.7 Å². The van der Waals surface area contributed by atoms with E-state index in [1.54, 1.807) is 12.1 Å². The molecule has 1 aromatic carbocycles. The molecule has 4 nitrogen and oxygen atoms in total. The van der Waals surface area contributed by atoms with Gasteiger partial charge in [0.25, 0.3) is 0 Å². The average Bonchev–Trinajstić information content (AvgIpc) is 2.33. The van der Waals surface area contributed by atoms with Crippen molar-refractivity contribution in [2.24, 2.45) is 0 Å². The highest BCUT2D eigenvalue weighted by Gasteiger charge is 2.30. The lowest BCUT2D eigenvalue weighted by atomic mass is 10.2. The zero-order valence-corrected chi connectivity index (χ0v) is 13.3. The number of hydrogen-bond acceptors (Lipinski definition) is 3. The van der Waals surface area contributed by atoms with Crippen LogP contribution in [0, 0.1) is 6.92 Å². The van der Waals surface area contributed by atoms with Crippen molar-refractivity contribution in [2.75, 3.05) is 19.6 Å². The van der Waals surface area contributed by atoms with Gasteiger partial charge in [-0.2, -0.15) is 4.31 Å². The maximum absolute atomic E-state index is 12.5. The van der Waals surface area contributed by atoms with Gasteiger partial charge in [0.15, 0.2) is 0 Å². The Labute approximate surface area is 125 Å². The molecule has 1 aromatic rings. The molecular formula is C12H18Cl2N2O2S. The van der Waals surface area contributed by atoms with Gasteiger partial charge in [-0.05, 0) is 31.5 Å². The maximum Gasteiger partial charge on any atom is 0.243 e. The van der Waals surface area contributed by atoms with Gasteiger partial charge in [-0.3, -0.25) is 0 Å². The molecule has 0 aromatic heterocycles. The smallest absolute Gasteiger partial charge is 0.243 e. The first kappa shape index (κ1) is 16.7. The highest BCUT2D eigenvalue weighted by molar-refractivity contribution is 7.89. The first-order valence-corrected chi connectivity index (χ1v) is 7.73. The van der Waals surface area contributed by atoms with Gasteiger partial charge >= 0.3 is 0 Å². The van der Waals surface area contributed by atoms with Gasteiger partial charge in [0.1, 0.15) is 0 Å². The van der Waals surface area contributed by atoms with E-state index < -0.39 is 10.0 Å². The second kappa shape index (κ2) is 6.41. The molecule has 1 atom stereocenters. The molecule has 0 aliphatic carbocycles. The summed E-state index contributed by atoms with van der Waals surface area (Å²) >= 11 is 6.00. The van der Waals surface area contributed by atoms with Crippen LogP contribution in [0.1, 0.15) is 12.5 Å². The third-order valence-electron chi connectivity index (χ3n) is 3.19. The van der Waals surface area contributed by atoms with Crippen LogP contribution in [-0.4, -0.2) is 38.4 Å². The minimum absolute atomic E-state index is 0. The van der Waals surface area contributed by atoms with E-state index in [1.807, 2.05) is 13.8 Å². The minimum Gasteiger partial charge on any atom is -0.314 e. The second-order valence-corrected chi connectivity index (χ2v) is 6.88. The summed E-state index contributed by atoms with van der Waals surface area (Å²) < 4.78 is 26.5. The SMILES string of the molecule is Cc1ccc(S(=O)(=O)N2CCNCC2C)cc1Cl.Cl. The summed E-state index contributed by atoms with van der Waals surface area (Å²) in [6, 6.07) is 4.85. The molecule has 1 aliphatic rings. The van der Waals surface area contributed by atoms with Gasteiger partial charge in [0.2, 0.25) is 10.0 Å². The Bertz CT molecular complexity index is 549. The minimum atomic E-state index is -3.44. The molecule has 7 heteroatoms. The maximum atomic E-state index is 12.5. The fourth-order valence-electron chi connectivity index (χ4n) is 2.05. The molecule has 108 valence electrons. The molecule has 0 amide bonds. The highest BCUT2D eigenvalue weighted by atomic mass is 35.5. The fourth-order valence-corrected chi connectivity index (χ4v) is 3.95. The quantitative estimate of drug-likeness (QED) is 0.905. The third-order valence-corrected chi connectivity index (χ3v) is 5.61. The van der Waals surface area contributed by atoms with Crippen molar-refractivity contribution in [3.05, 3.63) is 28.8 Å². The van der Waals surface area contributed by atoms with Crippen LogP contribution < -0.4 is 5.32 Å². The molecule has 1 aliphatic heterocycles. The predicted octanol–water partition coefficient (Wildman–Crippen LogP) is 2.05. The van der Waals surface area contributed by atoms with E-state index in [0.717, 1.165) is 5.56 Å². The van der Waals surface area contributed by atoms with E-state index in [9.17, 15) is 8.42 Å². The van der Waals surface area contributed by atoms with Gasteiger partial charge in [-0.25, -0.2) is 8.42 Å². The molecule has 0 bridgehead atoms. The summed E-state index contributed by atoms with van der Waals surface area (Å²) in [5.74, 6) is 0. The normalized spacial score (nSPS) is 20.9. The Morgan fingerprint density at radius 3 is 2.68 bits per heavy atom. The van der Waals surface area contributed by atoms with Gasteiger partial charge in [-0.15, -0.1) is 12.4 Å². The van der Waals surface area contributed by atoms with E-state index in [4.69, 9.17) is 11.6 Å². The molecule has 1 unspecified atom stereocenters. The molecule has 2 rings (SSSR count). The largest absolute Gasteiger partial charge is 0.314 e. The number of benzene rings is 1. The number of sulfonamides is 1. The third kappa shape index (κ3) is 3.41. The lowest BCUT2D eigenvalue weighted by Gasteiger charge is -2.32. The summed E-state index contributed by atoms with van der Waals surface area (Å²) in [5, 5.41) is 3.66. The standard InChI is InChI=1S/C12H17ClN2O2S.ClH/c1-9-3-4-11(7-12(9)13)18(16,17)15-6-5-14-8-10(15)2;/h3-4,7,10,14H,5-6,8H2,1-2H3;1H. The molecule has 1 heterocycles. The molecule has 1 N–H and O–H groups in total. The topological polar surface area (TPSA) is 49.4 Å². The van der Waals surface area contributed by atoms with Crippen molar-refractivity contribution in [1.29, 1.82) is 0 Å². The Kier molecular flexibility index (Phi) is 5.65. The summed E-state index contributed by atoms with van der Waals surface area (Å²) in [7, 11) is -3.44. The van der Waals surface area contributed by atoms with Crippen LogP contribution >= 0.6 is 24.0 Å². The van der Waals surface area contributed by atoms with Crippen LogP contribution in [-0.2, 0) is 10.0 Å². The Morgan fingerprint density at radius 2 is 2.11 bits per heavy atom. The lowest BCUT2D eigenvalue weighted by molar-refractivity contribution is 0.284. The van der Waals surface area contributed by atoms with Crippen LogP contribution in [0.5, 0.6) is 0 Å². The first-order chi connectivity index (χ1) is 8.43. The van der Waals surface area contributed by atoms with Crippen LogP contribution in [0.4, 0.5) is 0 Å². The van der Waals surface area contributed by atoms with Gasteiger partial charge < -0.3 is 5.32 Å². The first-order valence-electron chi connectivity index (χ1n) is 5.91. The van der Waals surface area contributed by atoms with Crippen molar-refractivity contribution in [3.63, 3.8) is 0 Å². The monoisotopic (exact) mass is 324 g/mol. The predicted molar refractivity (Wildman–Crippen MR) is 79.7 cm³/mol. The van der Waals surface area contributed by atoms with Crippen molar-refractivity contribution < 1.29 is 8.42 Å².